The summed E-state index contributed by atoms with van der Waals surface area (Å²) in [6.45, 7) is 6.64. The molecule has 0 amide bonds. The third-order valence-corrected chi connectivity index (χ3v) is 5.81. The lowest BCUT2D eigenvalue weighted by atomic mass is 9.96. The lowest BCUT2D eigenvalue weighted by Gasteiger charge is -2.15. The Labute approximate surface area is 182 Å². The summed E-state index contributed by atoms with van der Waals surface area (Å²) >= 11 is 0. The lowest BCUT2D eigenvalue weighted by molar-refractivity contribution is -0.137. The number of hydrogen-bond donors (Lipinski definition) is 2. The Morgan fingerprint density at radius 3 is 2.46 bits per heavy atom. The molecule has 10 heteroatoms. The molecule has 1 atom stereocenters. The van der Waals surface area contributed by atoms with Gasteiger partial charge in [-0.3, -0.25) is 4.99 Å². The van der Waals surface area contributed by atoms with Gasteiger partial charge in [0, 0.05) is 25.4 Å². The minimum absolute atomic E-state index is 0. The van der Waals surface area contributed by atoms with Crippen LogP contribution in [0.2, 0.25) is 0 Å². The van der Waals surface area contributed by atoms with Crippen LogP contribution in [-0.4, -0.2) is 45.5 Å². The van der Waals surface area contributed by atoms with Crippen LogP contribution >= 0.6 is 24.0 Å². The molecule has 162 valence electrons. The maximum absolute atomic E-state index is 12.8. The van der Waals surface area contributed by atoms with Crippen molar-refractivity contribution in [2.24, 2.45) is 4.99 Å². The van der Waals surface area contributed by atoms with E-state index in [1.54, 1.807) is 13.0 Å². The second-order valence-corrected chi connectivity index (χ2v) is 8.71. The maximum Gasteiger partial charge on any atom is 0.416 e. The zero-order valence-corrected chi connectivity index (χ0v) is 19.5. The fourth-order valence-corrected chi connectivity index (χ4v) is 3.07. The van der Waals surface area contributed by atoms with Crippen LogP contribution in [0.5, 0.6) is 0 Å². The smallest absolute Gasteiger partial charge is 0.357 e. The molecule has 0 aliphatic heterocycles. The van der Waals surface area contributed by atoms with E-state index in [-0.39, 0.29) is 47.9 Å². The van der Waals surface area contributed by atoms with Crippen LogP contribution in [0.3, 0.4) is 0 Å². The molecule has 28 heavy (non-hydrogen) atoms. The monoisotopic (exact) mass is 535 g/mol. The van der Waals surface area contributed by atoms with Crippen LogP contribution in [0.1, 0.15) is 44.2 Å². The second kappa shape index (κ2) is 12.5. The number of guanidine groups is 1. The molecule has 0 aromatic heterocycles. The summed E-state index contributed by atoms with van der Waals surface area (Å²) in [5.74, 6) is 0.533. The predicted molar refractivity (Wildman–Crippen MR) is 118 cm³/mol. The summed E-state index contributed by atoms with van der Waals surface area (Å²) in [4.78, 5) is 4.37. The average Bonchev–Trinajstić information content (AvgIpc) is 2.61. The fraction of sp³-hybridized carbons (Fsp3) is 0.611. The van der Waals surface area contributed by atoms with Crippen LogP contribution in [0.15, 0.2) is 29.3 Å². The van der Waals surface area contributed by atoms with Gasteiger partial charge < -0.3 is 10.6 Å². The first-order chi connectivity index (χ1) is 12.6. The van der Waals surface area contributed by atoms with E-state index in [2.05, 4.69) is 15.6 Å². The van der Waals surface area contributed by atoms with Gasteiger partial charge in [0.1, 0.15) is 0 Å². The Morgan fingerprint density at radius 2 is 1.89 bits per heavy atom. The molecule has 0 aliphatic rings. The highest BCUT2D eigenvalue weighted by Gasteiger charge is 2.30. The van der Waals surface area contributed by atoms with Gasteiger partial charge in [-0.05, 0) is 30.9 Å². The number of hydrogen-bond acceptors (Lipinski definition) is 3. The normalized spacial score (nSPS) is 13.6. The highest BCUT2D eigenvalue weighted by molar-refractivity contribution is 14.0. The number of rotatable bonds is 9. The number of alkyl halides is 3. The number of sulfone groups is 1. The average molecular weight is 535 g/mol. The molecule has 0 saturated carbocycles. The van der Waals surface area contributed by atoms with E-state index < -0.39 is 21.6 Å². The van der Waals surface area contributed by atoms with Crippen LogP contribution in [0.25, 0.3) is 0 Å². The summed E-state index contributed by atoms with van der Waals surface area (Å²) in [6.07, 6.45) is -3.78. The molecule has 1 aromatic carbocycles. The molecule has 0 aliphatic carbocycles. The maximum atomic E-state index is 12.8. The van der Waals surface area contributed by atoms with Gasteiger partial charge >= 0.3 is 6.18 Å². The Hall–Kier alpha value is -1.04. The van der Waals surface area contributed by atoms with Crippen molar-refractivity contribution in [3.63, 3.8) is 0 Å². The summed E-state index contributed by atoms with van der Waals surface area (Å²) < 4.78 is 61.5. The largest absolute Gasteiger partial charge is 0.416 e. The zero-order chi connectivity index (χ0) is 20.5. The van der Waals surface area contributed by atoms with E-state index in [1.165, 1.54) is 12.1 Å². The Morgan fingerprint density at radius 1 is 1.21 bits per heavy atom. The van der Waals surface area contributed by atoms with Crippen molar-refractivity contribution < 1.29 is 21.6 Å². The van der Waals surface area contributed by atoms with Crippen molar-refractivity contribution in [1.82, 2.24) is 10.6 Å². The third-order valence-electron chi connectivity index (χ3n) is 4.10. The number of benzene rings is 1. The Kier molecular flexibility index (Phi) is 12.0. The first-order valence-electron chi connectivity index (χ1n) is 8.98. The molecule has 0 fully saturated rings. The van der Waals surface area contributed by atoms with E-state index in [0.29, 0.717) is 31.0 Å². The van der Waals surface area contributed by atoms with E-state index in [4.69, 9.17) is 0 Å². The quantitative estimate of drug-likeness (QED) is 0.287. The number of nitrogens with one attached hydrogen (secondary N) is 2. The van der Waals surface area contributed by atoms with Crippen molar-refractivity contribution in [1.29, 1.82) is 0 Å². The molecule has 5 nitrogen and oxygen atoms in total. The first kappa shape index (κ1) is 27.0. The molecular weight excluding hydrogens is 506 g/mol. The molecular formula is C18H29F3IN3O2S. The predicted octanol–water partition coefficient (Wildman–Crippen LogP) is 3.81. The molecule has 2 N–H and O–H groups in total. The molecule has 0 radical (unpaired) electrons. The van der Waals surface area contributed by atoms with Gasteiger partial charge in [-0.2, -0.15) is 13.2 Å². The molecule has 0 bridgehead atoms. The topological polar surface area (TPSA) is 70.6 Å². The van der Waals surface area contributed by atoms with E-state index in [9.17, 15) is 21.6 Å². The number of aliphatic imine (C=N–C) groups is 1. The minimum Gasteiger partial charge on any atom is -0.357 e. The van der Waals surface area contributed by atoms with Crippen molar-refractivity contribution in [3.8, 4) is 0 Å². The Bertz CT molecular complexity index is 725. The molecule has 0 spiro atoms. The van der Waals surface area contributed by atoms with Gasteiger partial charge in [-0.15, -0.1) is 24.0 Å². The summed E-state index contributed by atoms with van der Waals surface area (Å²) in [6, 6.07) is 5.33. The molecule has 1 unspecified atom stereocenters. The Balaban J connectivity index is 0.00000729. The standard InChI is InChI=1S/C18H28F3N3O2S.HI/c1-4-22-17(24-11-12-27(25,26)5-2)23-10-9-14(3)15-7-6-8-16(13-15)18(19,20)21;/h6-8,13-14H,4-5,9-12H2,1-3H3,(H2,22,23,24);1H. The summed E-state index contributed by atoms with van der Waals surface area (Å²) in [5, 5.41) is 5.99. The van der Waals surface area contributed by atoms with Crippen molar-refractivity contribution >= 4 is 39.8 Å². The first-order valence-corrected chi connectivity index (χ1v) is 10.8. The van der Waals surface area contributed by atoms with E-state index in [1.807, 2.05) is 13.8 Å². The summed E-state index contributed by atoms with van der Waals surface area (Å²) in [5.41, 5.74) is -0.0329. The highest BCUT2D eigenvalue weighted by Crippen LogP contribution is 2.31. The van der Waals surface area contributed by atoms with Gasteiger partial charge in [0.15, 0.2) is 15.8 Å². The molecule has 0 heterocycles. The second-order valence-electron chi connectivity index (χ2n) is 6.24. The SMILES string of the molecule is CCNC(=NCCC(C)c1cccc(C(F)(F)F)c1)NCCS(=O)(=O)CC.I. The minimum atomic E-state index is -4.35. The van der Waals surface area contributed by atoms with E-state index in [0.717, 1.165) is 6.07 Å². The summed E-state index contributed by atoms with van der Waals surface area (Å²) in [7, 11) is -3.05. The van der Waals surface area contributed by atoms with Crippen LogP contribution in [0.4, 0.5) is 13.2 Å². The van der Waals surface area contributed by atoms with Gasteiger partial charge in [-0.1, -0.05) is 32.0 Å². The molecule has 1 aromatic rings. The highest BCUT2D eigenvalue weighted by atomic mass is 127. The lowest BCUT2D eigenvalue weighted by Crippen LogP contribution is -2.39. The van der Waals surface area contributed by atoms with Gasteiger partial charge in [-0.25, -0.2) is 8.42 Å². The number of halogens is 4. The molecule has 1 rings (SSSR count). The van der Waals surface area contributed by atoms with Crippen LogP contribution in [0, 0.1) is 0 Å². The van der Waals surface area contributed by atoms with Crippen molar-refractivity contribution in [3.05, 3.63) is 35.4 Å². The van der Waals surface area contributed by atoms with E-state index >= 15 is 0 Å². The van der Waals surface area contributed by atoms with Crippen LogP contribution < -0.4 is 10.6 Å². The number of nitrogens with zero attached hydrogens (tertiary/aromatic N) is 1. The zero-order valence-electron chi connectivity index (χ0n) is 16.3. The third kappa shape index (κ3) is 9.94. The van der Waals surface area contributed by atoms with Crippen molar-refractivity contribution in [2.45, 2.75) is 39.3 Å². The molecule has 0 saturated heterocycles. The van der Waals surface area contributed by atoms with Crippen LogP contribution in [-0.2, 0) is 16.0 Å². The van der Waals surface area contributed by atoms with Gasteiger partial charge in [0.2, 0.25) is 0 Å². The van der Waals surface area contributed by atoms with Gasteiger partial charge in [0.25, 0.3) is 0 Å². The van der Waals surface area contributed by atoms with Gasteiger partial charge in [0.05, 0.1) is 11.3 Å². The van der Waals surface area contributed by atoms with Crippen molar-refractivity contribution in [2.75, 3.05) is 31.1 Å². The fourth-order valence-electron chi connectivity index (χ4n) is 2.37.